The first-order chi connectivity index (χ1) is 38.9. The molecule has 1 aromatic heterocycles. The SMILES string of the molecule is CNCCCC(=O)[C@H](CC(C)=O)N(C)C(=O)CCCCCSSc1ccc(C(=O)N(CCCNC(=O)[C@H](CCCCNC(=O)CN(C)C)NC(=O)CN(C)C)CCCNC(=O)[C@H](CCCCNC(=O)CN(C)C)NC(=O)CN(C)C)cn1. The van der Waals surface area contributed by atoms with E-state index in [4.69, 9.17) is 0 Å². The predicted octanol–water partition coefficient (Wildman–Crippen LogP) is 1.00. The number of hydrogen-bond acceptors (Lipinski definition) is 18. The minimum absolute atomic E-state index is 0.0115. The van der Waals surface area contributed by atoms with Crippen LogP contribution in [0.1, 0.15) is 114 Å². The van der Waals surface area contributed by atoms with Gasteiger partial charge in [-0.3, -0.25) is 47.9 Å². The average Bonchev–Trinajstić information content (AvgIpc) is 3.39. The molecule has 0 saturated heterocycles. The molecule has 0 radical (unpaired) electrons. The molecule has 8 amide bonds. The Kier molecular flexibility index (Phi) is 40.4. The summed E-state index contributed by atoms with van der Waals surface area (Å²) in [7, 11) is 20.8. The molecule has 7 N–H and O–H groups in total. The summed E-state index contributed by atoms with van der Waals surface area (Å²) >= 11 is 0. The molecule has 1 aromatic rings. The van der Waals surface area contributed by atoms with E-state index < -0.39 is 18.1 Å². The summed E-state index contributed by atoms with van der Waals surface area (Å²) < 4.78 is 0. The molecular formula is C56H100N14O10S2. The Labute approximate surface area is 496 Å². The normalized spacial score (nSPS) is 12.4. The maximum atomic E-state index is 14.2. The van der Waals surface area contributed by atoms with Gasteiger partial charge >= 0.3 is 0 Å². The molecule has 1 rings (SSSR count). The summed E-state index contributed by atoms with van der Waals surface area (Å²) in [5.41, 5.74) is 0.352. The van der Waals surface area contributed by atoms with Crippen LogP contribution in [-0.2, 0) is 43.2 Å². The first-order valence-electron chi connectivity index (χ1n) is 28.7. The molecule has 3 atom stereocenters. The van der Waals surface area contributed by atoms with Gasteiger partial charge in [0.1, 0.15) is 22.9 Å². The van der Waals surface area contributed by atoms with E-state index in [0.29, 0.717) is 101 Å². The second-order valence-corrected chi connectivity index (χ2v) is 24.1. The third kappa shape index (κ3) is 36.4. The van der Waals surface area contributed by atoms with Crippen LogP contribution in [-0.4, -0.2) is 260 Å². The van der Waals surface area contributed by atoms with Gasteiger partial charge in [0.25, 0.3) is 5.91 Å². The number of amides is 8. The van der Waals surface area contributed by atoms with E-state index in [0.717, 1.165) is 18.6 Å². The number of ketones is 2. The fourth-order valence-electron chi connectivity index (χ4n) is 8.35. The van der Waals surface area contributed by atoms with Crippen LogP contribution in [0.3, 0.4) is 0 Å². The van der Waals surface area contributed by atoms with E-state index in [2.05, 4.69) is 42.2 Å². The Morgan fingerprint density at radius 1 is 0.537 bits per heavy atom. The molecule has 0 aliphatic rings. The highest BCUT2D eigenvalue weighted by Gasteiger charge is 2.28. The highest BCUT2D eigenvalue weighted by molar-refractivity contribution is 8.76. The zero-order valence-electron chi connectivity index (χ0n) is 51.1. The van der Waals surface area contributed by atoms with Crippen molar-refractivity contribution in [2.45, 2.75) is 126 Å². The summed E-state index contributed by atoms with van der Waals surface area (Å²) in [6.45, 7) is 4.59. The topological polar surface area (TPSA) is 287 Å². The van der Waals surface area contributed by atoms with Crippen LogP contribution in [0.4, 0.5) is 0 Å². The van der Waals surface area contributed by atoms with Crippen molar-refractivity contribution in [1.82, 2.24) is 71.6 Å². The number of unbranched alkanes of at least 4 members (excludes halogenated alkanes) is 4. The second-order valence-electron chi connectivity index (χ2n) is 21.7. The van der Waals surface area contributed by atoms with Crippen molar-refractivity contribution in [2.24, 2.45) is 0 Å². The van der Waals surface area contributed by atoms with Crippen molar-refractivity contribution in [3.8, 4) is 0 Å². The van der Waals surface area contributed by atoms with Gasteiger partial charge in [-0.1, -0.05) is 17.2 Å². The van der Waals surface area contributed by atoms with Gasteiger partial charge in [0, 0.05) is 77.5 Å². The number of pyridine rings is 1. The molecule has 24 nitrogen and oxygen atoms in total. The third-order valence-electron chi connectivity index (χ3n) is 12.5. The van der Waals surface area contributed by atoms with Crippen molar-refractivity contribution >= 4 is 80.4 Å². The van der Waals surface area contributed by atoms with Crippen LogP contribution >= 0.6 is 21.6 Å². The molecule has 82 heavy (non-hydrogen) atoms. The van der Waals surface area contributed by atoms with Crippen LogP contribution in [0.15, 0.2) is 23.4 Å². The van der Waals surface area contributed by atoms with E-state index in [1.54, 1.807) is 82.7 Å². The van der Waals surface area contributed by atoms with Gasteiger partial charge in [-0.2, -0.15) is 0 Å². The predicted molar refractivity (Wildman–Crippen MR) is 324 cm³/mol. The molecule has 0 aromatic carbocycles. The van der Waals surface area contributed by atoms with Crippen molar-refractivity contribution in [2.75, 3.05) is 148 Å². The number of aromatic nitrogens is 1. The van der Waals surface area contributed by atoms with Gasteiger partial charge in [-0.25, -0.2) is 4.98 Å². The van der Waals surface area contributed by atoms with E-state index in [1.807, 2.05) is 35.2 Å². The summed E-state index contributed by atoms with van der Waals surface area (Å²) in [5, 5.41) is 21.0. The average molecular weight is 1190 g/mol. The van der Waals surface area contributed by atoms with Gasteiger partial charge in [-0.15, -0.1) is 0 Å². The van der Waals surface area contributed by atoms with Crippen molar-refractivity contribution in [1.29, 1.82) is 0 Å². The Morgan fingerprint density at radius 2 is 1.02 bits per heavy atom. The first-order valence-corrected chi connectivity index (χ1v) is 31.0. The van der Waals surface area contributed by atoms with Gasteiger partial charge in [0.05, 0.1) is 37.8 Å². The lowest BCUT2D eigenvalue weighted by atomic mass is 10.0. The van der Waals surface area contributed by atoms with E-state index in [9.17, 15) is 47.9 Å². The zero-order chi connectivity index (χ0) is 61.4. The number of nitrogens with one attached hydrogen (secondary N) is 7. The summed E-state index contributed by atoms with van der Waals surface area (Å²) in [6.07, 6.45) is 8.85. The number of likely N-dealkylation sites (N-methyl/N-ethyl adjacent to an activating group) is 5. The van der Waals surface area contributed by atoms with Crippen molar-refractivity contribution < 1.29 is 47.9 Å². The third-order valence-corrected chi connectivity index (χ3v) is 14.9. The molecule has 0 aliphatic carbocycles. The van der Waals surface area contributed by atoms with Crippen LogP contribution in [0.5, 0.6) is 0 Å². The lowest BCUT2D eigenvalue weighted by molar-refractivity contribution is -0.139. The fraction of sp³-hybridized carbons (Fsp3) is 0.732. The van der Waals surface area contributed by atoms with Crippen LogP contribution in [0.25, 0.3) is 0 Å². The molecule has 0 bridgehead atoms. The molecule has 0 spiro atoms. The monoisotopic (exact) mass is 1190 g/mol. The zero-order valence-corrected chi connectivity index (χ0v) is 52.7. The van der Waals surface area contributed by atoms with Crippen LogP contribution in [0, 0.1) is 0 Å². The number of Topliss-reactive ketones (excluding diaryl/α,β-unsaturated/α-hetero) is 2. The summed E-state index contributed by atoms with van der Waals surface area (Å²) in [5.74, 6) is -1.44. The van der Waals surface area contributed by atoms with Gasteiger partial charge in [0.2, 0.25) is 41.4 Å². The lowest BCUT2D eigenvalue weighted by Crippen LogP contribution is -2.49. The molecule has 0 unspecified atom stereocenters. The minimum Gasteiger partial charge on any atom is -0.355 e. The van der Waals surface area contributed by atoms with E-state index in [1.165, 1.54) is 28.8 Å². The van der Waals surface area contributed by atoms with Crippen molar-refractivity contribution in [3.05, 3.63) is 23.9 Å². The minimum atomic E-state index is -0.809. The second kappa shape index (κ2) is 44.3. The van der Waals surface area contributed by atoms with Crippen molar-refractivity contribution in [3.63, 3.8) is 0 Å². The largest absolute Gasteiger partial charge is 0.355 e. The van der Waals surface area contributed by atoms with Gasteiger partial charge in [0.15, 0.2) is 5.78 Å². The Hall–Kier alpha value is -5.25. The van der Waals surface area contributed by atoms with Crippen LogP contribution < -0.4 is 37.2 Å². The van der Waals surface area contributed by atoms with Gasteiger partial charge < -0.3 is 66.6 Å². The maximum absolute atomic E-state index is 14.2. The van der Waals surface area contributed by atoms with Gasteiger partial charge in [-0.05, 0) is 170 Å². The first kappa shape index (κ1) is 74.8. The Bertz CT molecular complexity index is 2020. The molecular weight excluding hydrogens is 1090 g/mol. The molecule has 0 fully saturated rings. The molecule has 0 saturated carbocycles. The fourth-order valence-corrected chi connectivity index (χ4v) is 10.4. The standard InChI is InChI=1S/C56H100N14O10S2/c1-42(71)36-46(47(72)24-19-28-57-2)69(11)53(77)25-13-12-18-35-81-82-52-27-26-43(37-62-52)56(80)70(33-20-31-60-54(78)44(63-50(75)40-67(7)8)22-14-16-29-58-48(73)38-65(3)4)34-21-32-61-55(79)45(64-51(76)41-68(9)10)23-15-17-30-59-49(74)39-66(5)6/h26-27,37,44-46,57H,12-25,28-36,38-41H2,1-11H3,(H,58,73)(H,59,74)(H,60,78)(H,61,79)(H,63,75)(H,64,76)/t44-,45-,46-/m0/s1. The molecule has 26 heteroatoms. The smallest absolute Gasteiger partial charge is 0.255 e. The summed E-state index contributed by atoms with van der Waals surface area (Å²) in [6, 6.07) is 1.12. The Morgan fingerprint density at radius 3 is 1.48 bits per heavy atom. The van der Waals surface area contributed by atoms with E-state index in [-0.39, 0.29) is 124 Å². The Balaban J connectivity index is 3.05. The summed E-state index contributed by atoms with van der Waals surface area (Å²) in [4.78, 5) is 143. The molecule has 0 aliphatic heterocycles. The number of hydrogen-bond donors (Lipinski definition) is 7. The quantitative estimate of drug-likeness (QED) is 0.0354. The number of rotatable bonds is 47. The number of nitrogens with zero attached hydrogens (tertiary/aromatic N) is 7. The molecule has 466 valence electrons. The number of carbonyl (C=O) groups is 10. The van der Waals surface area contributed by atoms with E-state index >= 15 is 0 Å². The highest BCUT2D eigenvalue weighted by Crippen LogP contribution is 2.30. The number of carbonyl (C=O) groups excluding carboxylic acids is 10. The highest BCUT2D eigenvalue weighted by atomic mass is 33.1. The van der Waals surface area contributed by atoms with Crippen LogP contribution in [0.2, 0.25) is 0 Å². The lowest BCUT2D eigenvalue weighted by Gasteiger charge is -2.26. The molecule has 1 heterocycles. The maximum Gasteiger partial charge on any atom is 0.255 e.